The minimum absolute atomic E-state index is 0.261. The normalized spacial score (nSPS) is 11.5. The Morgan fingerprint density at radius 1 is 1.27 bits per heavy atom. The Hall–Kier alpha value is -2.96. The zero-order chi connectivity index (χ0) is 16.3. The van der Waals surface area contributed by atoms with Crippen molar-refractivity contribution in [3.8, 4) is 0 Å². The van der Waals surface area contributed by atoms with Crippen LogP contribution in [-0.2, 0) is 16.1 Å². The number of aliphatic hydroxyl groups is 1. The van der Waals surface area contributed by atoms with Crippen molar-refractivity contribution < 1.29 is 24.2 Å². The number of rotatable bonds is 5. The largest absolute Gasteiger partial charge is 0.507 e. The van der Waals surface area contributed by atoms with E-state index in [1.54, 1.807) is 23.7 Å². The smallest absolute Gasteiger partial charge is 0.376 e. The molecule has 1 aromatic heterocycles. The number of carbonyl (C=O) groups is 2. The first-order chi connectivity index (χ1) is 10.4. The zero-order valence-corrected chi connectivity index (χ0v) is 11.7. The summed E-state index contributed by atoms with van der Waals surface area (Å²) in [5, 5.41) is 22.4. The highest BCUT2D eigenvalue weighted by Crippen LogP contribution is 2.17. The van der Waals surface area contributed by atoms with Gasteiger partial charge in [0.1, 0.15) is 11.6 Å². The molecule has 1 heterocycles. The number of aliphatic carboxylic acids is 1. The van der Waals surface area contributed by atoms with Gasteiger partial charge in [0.15, 0.2) is 0 Å². The van der Waals surface area contributed by atoms with E-state index in [0.717, 1.165) is 5.56 Å². The van der Waals surface area contributed by atoms with Gasteiger partial charge in [-0.1, -0.05) is 12.1 Å². The average Bonchev–Trinajstić information content (AvgIpc) is 2.82. The van der Waals surface area contributed by atoms with Crippen LogP contribution in [0.25, 0.3) is 5.76 Å². The second kappa shape index (κ2) is 6.21. The van der Waals surface area contributed by atoms with Crippen molar-refractivity contribution >= 4 is 17.5 Å². The number of aliphatic hydroxyl groups excluding tert-OH is 1. The molecule has 2 aromatic rings. The molecule has 2 N–H and O–H groups in total. The second-order valence-electron chi connectivity index (χ2n) is 4.63. The quantitative estimate of drug-likeness (QED) is 0.500. The summed E-state index contributed by atoms with van der Waals surface area (Å²) in [6.45, 7) is 2.02. The second-order valence-corrected chi connectivity index (χ2v) is 4.63. The molecule has 1 aromatic carbocycles. The van der Waals surface area contributed by atoms with E-state index in [9.17, 15) is 19.1 Å². The third-order valence-electron chi connectivity index (χ3n) is 3.10. The first-order valence-corrected chi connectivity index (χ1v) is 6.33. The maximum absolute atomic E-state index is 12.9. The number of nitrogens with zero attached hydrogens (tertiary/aromatic N) is 2. The van der Waals surface area contributed by atoms with Gasteiger partial charge in [-0.15, -0.1) is 0 Å². The molecule has 0 spiro atoms. The van der Waals surface area contributed by atoms with E-state index in [1.165, 1.54) is 18.3 Å². The number of hydrogen-bond acceptors (Lipinski definition) is 4. The van der Waals surface area contributed by atoms with Crippen LogP contribution in [0, 0.1) is 12.7 Å². The predicted octanol–water partition coefficient (Wildman–Crippen LogP) is 1.93. The highest BCUT2D eigenvalue weighted by molar-refractivity contribution is 6.38. The van der Waals surface area contributed by atoms with Crippen molar-refractivity contribution in [1.29, 1.82) is 0 Å². The molecule has 7 heteroatoms. The lowest BCUT2D eigenvalue weighted by atomic mass is 10.2. The lowest BCUT2D eigenvalue weighted by Gasteiger charge is -2.05. The number of carboxylic acids is 1. The van der Waals surface area contributed by atoms with E-state index in [4.69, 9.17) is 5.11 Å². The molecule has 2 rings (SSSR count). The summed E-state index contributed by atoms with van der Waals surface area (Å²) in [5.74, 6) is -3.67. The summed E-state index contributed by atoms with van der Waals surface area (Å²) in [6.07, 6.45) is 1.97. The molecule has 0 fully saturated rings. The number of hydrogen-bond donors (Lipinski definition) is 2. The highest BCUT2D eigenvalue weighted by atomic mass is 19.1. The molecule has 0 atom stereocenters. The van der Waals surface area contributed by atoms with Crippen LogP contribution >= 0.6 is 0 Å². The predicted molar refractivity (Wildman–Crippen MR) is 75.7 cm³/mol. The van der Waals surface area contributed by atoms with Gasteiger partial charge in [0.05, 0.1) is 18.3 Å². The monoisotopic (exact) mass is 304 g/mol. The van der Waals surface area contributed by atoms with Crippen LogP contribution in [0.5, 0.6) is 0 Å². The van der Waals surface area contributed by atoms with Crippen molar-refractivity contribution in [2.24, 2.45) is 0 Å². The van der Waals surface area contributed by atoms with Gasteiger partial charge >= 0.3 is 5.97 Å². The SMILES string of the molecule is Cc1c(/C(O)=C/C(=O)C(=O)O)cnn1Cc1ccc(F)cc1. The van der Waals surface area contributed by atoms with E-state index in [-0.39, 0.29) is 11.4 Å². The minimum atomic E-state index is -1.65. The highest BCUT2D eigenvalue weighted by Gasteiger charge is 2.15. The van der Waals surface area contributed by atoms with Crippen molar-refractivity contribution in [2.45, 2.75) is 13.5 Å². The molecule has 0 aliphatic heterocycles. The third kappa shape index (κ3) is 3.38. The molecule has 22 heavy (non-hydrogen) atoms. The number of halogens is 1. The molecule has 0 saturated carbocycles. The van der Waals surface area contributed by atoms with Crippen LogP contribution in [0.1, 0.15) is 16.8 Å². The molecular formula is C15H13FN2O4. The van der Waals surface area contributed by atoms with Crippen LogP contribution in [0.2, 0.25) is 0 Å². The summed E-state index contributed by atoms with van der Waals surface area (Å²) >= 11 is 0. The van der Waals surface area contributed by atoms with Gasteiger partial charge in [0.25, 0.3) is 5.78 Å². The summed E-state index contributed by atoms with van der Waals surface area (Å²) in [6, 6.07) is 5.88. The van der Waals surface area contributed by atoms with E-state index >= 15 is 0 Å². The number of carboxylic acid groups (broad SMARTS) is 1. The van der Waals surface area contributed by atoms with Gasteiger partial charge in [-0.25, -0.2) is 9.18 Å². The molecule has 0 amide bonds. The van der Waals surface area contributed by atoms with Crippen LogP contribution in [0.3, 0.4) is 0 Å². The van der Waals surface area contributed by atoms with Gasteiger partial charge in [0.2, 0.25) is 0 Å². The van der Waals surface area contributed by atoms with Crippen LogP contribution in [-0.4, -0.2) is 31.7 Å². The van der Waals surface area contributed by atoms with E-state index in [0.29, 0.717) is 18.3 Å². The Balaban J connectivity index is 2.24. The van der Waals surface area contributed by atoms with Gasteiger partial charge in [-0.2, -0.15) is 5.10 Å². The maximum atomic E-state index is 12.9. The van der Waals surface area contributed by atoms with Crippen molar-refractivity contribution in [3.05, 3.63) is 59.2 Å². The zero-order valence-electron chi connectivity index (χ0n) is 11.7. The molecule has 0 bridgehead atoms. The van der Waals surface area contributed by atoms with Crippen molar-refractivity contribution in [2.75, 3.05) is 0 Å². The van der Waals surface area contributed by atoms with E-state index in [2.05, 4.69) is 5.10 Å². The molecular weight excluding hydrogens is 291 g/mol. The van der Waals surface area contributed by atoms with E-state index in [1.807, 2.05) is 0 Å². The lowest BCUT2D eigenvalue weighted by Crippen LogP contribution is -2.09. The summed E-state index contributed by atoms with van der Waals surface area (Å²) < 4.78 is 14.4. The topological polar surface area (TPSA) is 92.4 Å². The van der Waals surface area contributed by atoms with Gasteiger partial charge in [-0.05, 0) is 24.6 Å². The summed E-state index contributed by atoms with van der Waals surface area (Å²) in [5.41, 5.74) is 1.62. The fourth-order valence-electron chi connectivity index (χ4n) is 1.88. The molecule has 0 radical (unpaired) electrons. The molecule has 6 nitrogen and oxygen atoms in total. The standard InChI is InChI=1S/C15H13FN2O4/c1-9-12(13(19)6-14(20)15(21)22)7-17-18(9)8-10-2-4-11(16)5-3-10/h2-7,19H,8H2,1H3,(H,21,22)/b13-6-. The Morgan fingerprint density at radius 2 is 1.91 bits per heavy atom. The maximum Gasteiger partial charge on any atom is 0.376 e. The minimum Gasteiger partial charge on any atom is -0.507 e. The van der Waals surface area contributed by atoms with Gasteiger partial charge < -0.3 is 10.2 Å². The van der Waals surface area contributed by atoms with Crippen molar-refractivity contribution in [3.63, 3.8) is 0 Å². The van der Waals surface area contributed by atoms with E-state index < -0.39 is 17.5 Å². The van der Waals surface area contributed by atoms with Crippen LogP contribution in [0.15, 0.2) is 36.5 Å². The first kappa shape index (κ1) is 15.4. The Labute approximate surface area is 125 Å². The average molecular weight is 304 g/mol. The van der Waals surface area contributed by atoms with Gasteiger partial charge in [0, 0.05) is 11.8 Å². The Bertz CT molecular complexity index is 747. The fraction of sp³-hybridized carbons (Fsp3) is 0.133. The molecule has 0 unspecified atom stereocenters. The first-order valence-electron chi connectivity index (χ1n) is 6.33. The number of ketones is 1. The molecule has 0 aliphatic rings. The van der Waals surface area contributed by atoms with Crippen LogP contribution < -0.4 is 0 Å². The number of carbonyl (C=O) groups excluding carboxylic acids is 1. The fourth-order valence-corrected chi connectivity index (χ4v) is 1.88. The number of benzene rings is 1. The number of aromatic nitrogens is 2. The summed E-state index contributed by atoms with van der Waals surface area (Å²) in [4.78, 5) is 21.5. The Morgan fingerprint density at radius 3 is 2.50 bits per heavy atom. The lowest BCUT2D eigenvalue weighted by molar-refractivity contribution is -0.146. The Kier molecular flexibility index (Phi) is 4.36. The van der Waals surface area contributed by atoms with Crippen LogP contribution in [0.4, 0.5) is 4.39 Å². The van der Waals surface area contributed by atoms with Gasteiger partial charge in [-0.3, -0.25) is 9.48 Å². The molecule has 0 aliphatic carbocycles. The third-order valence-corrected chi connectivity index (χ3v) is 3.10. The van der Waals surface area contributed by atoms with Crippen molar-refractivity contribution in [1.82, 2.24) is 9.78 Å². The molecule has 0 saturated heterocycles. The summed E-state index contributed by atoms with van der Waals surface area (Å²) in [7, 11) is 0. The molecule has 114 valence electrons.